The number of carbonyl (C=O) groups excluding carboxylic acids is 4. The van der Waals surface area contributed by atoms with E-state index in [4.69, 9.17) is 0 Å². The second kappa shape index (κ2) is 10.1. The highest BCUT2D eigenvalue weighted by molar-refractivity contribution is 6.23. The van der Waals surface area contributed by atoms with E-state index in [0.717, 1.165) is 25.8 Å². The second-order valence-corrected chi connectivity index (χ2v) is 7.65. The molecule has 5 atom stereocenters. The Morgan fingerprint density at radius 1 is 0.933 bits per heavy atom. The maximum absolute atomic E-state index is 13.5. The zero-order valence-electron chi connectivity index (χ0n) is 18.4. The van der Waals surface area contributed by atoms with Crippen molar-refractivity contribution in [2.24, 2.45) is 0 Å². The average Bonchev–Trinajstić information content (AvgIpc) is 2.67. The number of likely N-dealkylation sites (N-methyl/N-ethyl adjacent to an activating group) is 2. The van der Waals surface area contributed by atoms with E-state index in [-0.39, 0.29) is 6.42 Å². The highest BCUT2D eigenvalue weighted by Crippen LogP contribution is 2.28. The minimum absolute atomic E-state index is 0.0303. The first kappa shape index (κ1) is 27.6. The van der Waals surface area contributed by atoms with Crippen LogP contribution in [-0.2, 0) is 24.0 Å². The van der Waals surface area contributed by atoms with E-state index < -0.39 is 58.7 Å². The summed E-state index contributed by atoms with van der Waals surface area (Å²) in [5, 5.41) is 38.7. The van der Waals surface area contributed by atoms with Gasteiger partial charge < -0.3 is 30.2 Å². The normalized spacial score (nSPS) is 18.2. The first-order valence-corrected chi connectivity index (χ1v) is 9.44. The van der Waals surface area contributed by atoms with Crippen molar-refractivity contribution in [2.75, 3.05) is 14.1 Å². The molecule has 0 heterocycles. The number of carboxylic acids is 1. The van der Waals surface area contributed by atoms with Crippen LogP contribution >= 0.6 is 0 Å². The summed E-state index contributed by atoms with van der Waals surface area (Å²) in [5.41, 5.74) is -5.58. The molecule has 0 spiro atoms. The molecule has 0 aliphatic carbocycles. The van der Waals surface area contributed by atoms with E-state index in [9.17, 15) is 44.4 Å². The molecule has 0 saturated heterocycles. The standard InChI is InChI=1S/C19H32N2O9/c1-8-9-12(20(6)14(25)10(2)22)13(24)18(4,21(7)15(26)11(3)23)16(27)19(5,30)17(28)29/h10-12,22-23,30H,8-9H2,1-7H3,(H,28,29)/t10-,11-,12+,18-,19+/m1/s1. The molecule has 0 aromatic carbocycles. The molecule has 0 rings (SSSR count). The fourth-order valence-electron chi connectivity index (χ4n) is 3.05. The summed E-state index contributed by atoms with van der Waals surface area (Å²) in [6, 6.07) is -1.32. The van der Waals surface area contributed by atoms with Crippen LogP contribution in [0.1, 0.15) is 47.5 Å². The minimum atomic E-state index is -3.04. The van der Waals surface area contributed by atoms with Crippen LogP contribution in [0.5, 0.6) is 0 Å². The van der Waals surface area contributed by atoms with E-state index >= 15 is 0 Å². The van der Waals surface area contributed by atoms with Gasteiger partial charge in [0.05, 0.1) is 6.04 Å². The fraction of sp³-hybridized carbons (Fsp3) is 0.737. The van der Waals surface area contributed by atoms with Crippen molar-refractivity contribution in [3.63, 3.8) is 0 Å². The Kier molecular flexibility index (Phi) is 9.30. The van der Waals surface area contributed by atoms with Crippen LogP contribution in [0.15, 0.2) is 0 Å². The summed E-state index contributed by atoms with van der Waals surface area (Å²) in [7, 11) is 2.24. The van der Waals surface area contributed by atoms with Gasteiger partial charge in [-0.15, -0.1) is 0 Å². The van der Waals surface area contributed by atoms with Crippen molar-refractivity contribution in [2.45, 2.75) is 76.9 Å². The average molecular weight is 432 g/mol. The molecule has 11 nitrogen and oxygen atoms in total. The van der Waals surface area contributed by atoms with Crippen LogP contribution in [0.25, 0.3) is 0 Å². The molecule has 0 aliphatic heterocycles. The van der Waals surface area contributed by atoms with Crippen molar-refractivity contribution < 1.29 is 44.4 Å². The summed E-state index contributed by atoms with van der Waals surface area (Å²) < 4.78 is 0. The van der Waals surface area contributed by atoms with Gasteiger partial charge in [0.15, 0.2) is 11.3 Å². The van der Waals surface area contributed by atoms with Crippen LogP contribution < -0.4 is 0 Å². The molecule has 172 valence electrons. The number of rotatable bonds is 11. The largest absolute Gasteiger partial charge is 0.479 e. The topological polar surface area (TPSA) is 173 Å². The monoisotopic (exact) mass is 432 g/mol. The van der Waals surface area contributed by atoms with E-state index in [1.807, 2.05) is 0 Å². The molecule has 0 aromatic heterocycles. The predicted molar refractivity (Wildman–Crippen MR) is 104 cm³/mol. The number of Topliss-reactive ketones (excluding diaryl/α,β-unsaturated/α-hetero) is 2. The van der Waals surface area contributed by atoms with E-state index in [0.29, 0.717) is 18.2 Å². The van der Waals surface area contributed by atoms with Crippen molar-refractivity contribution in [1.29, 1.82) is 0 Å². The van der Waals surface area contributed by atoms with Gasteiger partial charge in [0.25, 0.3) is 11.8 Å². The van der Waals surface area contributed by atoms with Crippen LogP contribution in [0.3, 0.4) is 0 Å². The third kappa shape index (κ3) is 5.21. The Bertz CT molecular complexity index is 702. The summed E-state index contributed by atoms with van der Waals surface area (Å²) in [6.45, 7) is 5.60. The van der Waals surface area contributed by atoms with Gasteiger partial charge in [-0.25, -0.2) is 4.79 Å². The van der Waals surface area contributed by atoms with E-state index in [2.05, 4.69) is 0 Å². The van der Waals surface area contributed by atoms with Crippen molar-refractivity contribution in [3.8, 4) is 0 Å². The number of aliphatic carboxylic acids is 1. The maximum atomic E-state index is 13.5. The minimum Gasteiger partial charge on any atom is -0.479 e. The quantitative estimate of drug-likeness (QED) is 0.285. The number of hydrogen-bond acceptors (Lipinski definition) is 8. The Hall–Kier alpha value is -2.37. The number of nitrogens with zero attached hydrogens (tertiary/aromatic N) is 2. The van der Waals surface area contributed by atoms with Crippen molar-refractivity contribution >= 4 is 29.4 Å². The number of amides is 2. The lowest BCUT2D eigenvalue weighted by atomic mass is 9.77. The number of aliphatic hydroxyl groups excluding tert-OH is 2. The van der Waals surface area contributed by atoms with Crippen LogP contribution in [0.4, 0.5) is 0 Å². The molecule has 11 heteroatoms. The molecule has 30 heavy (non-hydrogen) atoms. The van der Waals surface area contributed by atoms with Gasteiger partial charge in [-0.2, -0.15) is 0 Å². The van der Waals surface area contributed by atoms with Crippen molar-refractivity contribution in [3.05, 3.63) is 0 Å². The van der Waals surface area contributed by atoms with E-state index in [1.165, 1.54) is 14.0 Å². The SMILES string of the molecule is CCC[C@@H](C(=O)[C@](C)(C(=O)[C@](C)(O)C(=O)O)N(C)C(=O)[C@@H](C)O)N(C)C(=O)[C@@H](C)O. The molecule has 0 radical (unpaired) electrons. The molecule has 0 aliphatic rings. The van der Waals surface area contributed by atoms with Gasteiger partial charge in [-0.1, -0.05) is 13.3 Å². The lowest BCUT2D eigenvalue weighted by Gasteiger charge is -2.42. The highest BCUT2D eigenvalue weighted by Gasteiger charge is 2.58. The molecule has 0 unspecified atom stereocenters. The first-order valence-electron chi connectivity index (χ1n) is 9.44. The predicted octanol–water partition coefficient (Wildman–Crippen LogP) is -1.43. The van der Waals surface area contributed by atoms with Gasteiger partial charge in [0, 0.05) is 14.1 Å². The van der Waals surface area contributed by atoms with Gasteiger partial charge in [0.1, 0.15) is 12.2 Å². The van der Waals surface area contributed by atoms with E-state index in [1.54, 1.807) is 6.92 Å². The number of hydrogen-bond donors (Lipinski definition) is 4. The molecule has 0 bridgehead atoms. The fourth-order valence-corrected chi connectivity index (χ4v) is 3.05. The zero-order valence-corrected chi connectivity index (χ0v) is 18.4. The lowest BCUT2D eigenvalue weighted by Crippen LogP contribution is -2.69. The van der Waals surface area contributed by atoms with Crippen LogP contribution in [-0.4, -0.2) is 103 Å². The zero-order chi connectivity index (χ0) is 24.2. The molecular formula is C19H32N2O9. The van der Waals surface area contributed by atoms with Crippen molar-refractivity contribution in [1.82, 2.24) is 9.80 Å². The van der Waals surface area contributed by atoms with Gasteiger partial charge in [-0.05, 0) is 34.1 Å². The van der Waals surface area contributed by atoms with Gasteiger partial charge in [-0.3, -0.25) is 19.2 Å². The molecule has 2 amide bonds. The summed E-state index contributed by atoms with van der Waals surface area (Å²) in [6.07, 6.45) is -2.70. The maximum Gasteiger partial charge on any atom is 0.343 e. The Morgan fingerprint density at radius 2 is 1.37 bits per heavy atom. The number of carbonyl (C=O) groups is 5. The second-order valence-electron chi connectivity index (χ2n) is 7.65. The first-order chi connectivity index (χ1) is 13.5. The molecule has 4 N–H and O–H groups in total. The Labute approximate surface area is 175 Å². The number of carboxylic acid groups (broad SMARTS) is 1. The summed E-state index contributed by atoms with van der Waals surface area (Å²) in [4.78, 5) is 64.2. The number of ketones is 2. The van der Waals surface area contributed by atoms with Gasteiger partial charge >= 0.3 is 5.97 Å². The van der Waals surface area contributed by atoms with Crippen LogP contribution in [0, 0.1) is 0 Å². The molecule has 0 fully saturated rings. The summed E-state index contributed by atoms with van der Waals surface area (Å²) in [5.74, 6) is -6.39. The molecule has 0 saturated carbocycles. The smallest absolute Gasteiger partial charge is 0.343 e. The highest BCUT2D eigenvalue weighted by atomic mass is 16.4. The Morgan fingerprint density at radius 3 is 1.70 bits per heavy atom. The Balaban J connectivity index is 6.70. The van der Waals surface area contributed by atoms with Gasteiger partial charge in [0.2, 0.25) is 11.4 Å². The van der Waals surface area contributed by atoms with Crippen LogP contribution in [0.2, 0.25) is 0 Å². The third-order valence-electron chi connectivity index (χ3n) is 5.18. The molecular weight excluding hydrogens is 400 g/mol. The lowest BCUT2D eigenvalue weighted by molar-refractivity contribution is -0.174. The molecule has 0 aromatic rings. The summed E-state index contributed by atoms with van der Waals surface area (Å²) >= 11 is 0. The number of aliphatic hydroxyl groups is 3. The third-order valence-corrected chi connectivity index (χ3v) is 5.18.